The summed E-state index contributed by atoms with van der Waals surface area (Å²) in [7, 11) is 0. The highest BCUT2D eigenvalue weighted by atomic mass is 79.9. The fourth-order valence-corrected chi connectivity index (χ4v) is 2.49. The molecule has 2 aromatic rings. The molecule has 4 N–H and O–H groups in total. The zero-order valence-corrected chi connectivity index (χ0v) is 10.0. The van der Waals surface area contributed by atoms with E-state index in [-0.39, 0.29) is 12.6 Å². The average Bonchev–Trinajstić information content (AvgIpc) is 2.55. The van der Waals surface area contributed by atoms with Gasteiger partial charge in [-0.15, -0.1) is 0 Å². The number of halogens is 1. The van der Waals surface area contributed by atoms with Crippen LogP contribution in [0.2, 0.25) is 0 Å². The number of aliphatic hydroxyl groups excluding tert-OH is 1. The second-order valence-corrected chi connectivity index (χ2v) is 4.47. The Labute approximate surface area is 96.4 Å². The number of fused-ring (bicyclic) bond motifs is 1. The van der Waals surface area contributed by atoms with Gasteiger partial charge in [0.05, 0.1) is 12.6 Å². The van der Waals surface area contributed by atoms with Gasteiger partial charge >= 0.3 is 0 Å². The lowest BCUT2D eigenvalue weighted by molar-refractivity contribution is 0.268. The first-order valence-corrected chi connectivity index (χ1v) is 5.57. The molecule has 4 heteroatoms. The van der Waals surface area contributed by atoms with Crippen molar-refractivity contribution in [3.8, 4) is 0 Å². The molecule has 0 saturated heterocycles. The van der Waals surface area contributed by atoms with Crippen LogP contribution in [0, 0.1) is 6.92 Å². The lowest BCUT2D eigenvalue weighted by atomic mass is 10.0. The number of hydrogen-bond donors (Lipinski definition) is 3. The molecule has 3 nitrogen and oxygen atoms in total. The van der Waals surface area contributed by atoms with Gasteiger partial charge in [0.15, 0.2) is 0 Å². The molecule has 2 rings (SSSR count). The van der Waals surface area contributed by atoms with Crippen LogP contribution in [0.4, 0.5) is 0 Å². The van der Waals surface area contributed by atoms with Crippen molar-refractivity contribution < 1.29 is 5.11 Å². The van der Waals surface area contributed by atoms with Gasteiger partial charge in [0.25, 0.3) is 0 Å². The molecule has 1 aromatic carbocycles. The highest BCUT2D eigenvalue weighted by Crippen LogP contribution is 2.32. The number of nitrogens with one attached hydrogen (secondary N) is 1. The van der Waals surface area contributed by atoms with Gasteiger partial charge < -0.3 is 15.8 Å². The van der Waals surface area contributed by atoms with E-state index < -0.39 is 0 Å². The summed E-state index contributed by atoms with van der Waals surface area (Å²) < 4.78 is 1.00. The monoisotopic (exact) mass is 268 g/mol. The van der Waals surface area contributed by atoms with Crippen molar-refractivity contribution in [3.05, 3.63) is 33.9 Å². The smallest absolute Gasteiger partial charge is 0.0625 e. The van der Waals surface area contributed by atoms with E-state index >= 15 is 0 Å². The number of nitrogens with two attached hydrogens (primary N) is 1. The van der Waals surface area contributed by atoms with Crippen molar-refractivity contribution >= 4 is 26.8 Å². The van der Waals surface area contributed by atoms with Gasteiger partial charge in [-0.2, -0.15) is 0 Å². The summed E-state index contributed by atoms with van der Waals surface area (Å²) in [6.45, 7) is 1.92. The Balaban J connectivity index is 2.76. The van der Waals surface area contributed by atoms with Crippen LogP contribution >= 0.6 is 15.9 Å². The molecule has 0 spiro atoms. The minimum Gasteiger partial charge on any atom is -0.394 e. The summed E-state index contributed by atoms with van der Waals surface area (Å²) in [5.74, 6) is 0. The lowest BCUT2D eigenvalue weighted by Gasteiger charge is -2.09. The van der Waals surface area contributed by atoms with Crippen molar-refractivity contribution in [2.24, 2.45) is 5.73 Å². The van der Waals surface area contributed by atoms with E-state index in [0.717, 1.165) is 26.6 Å². The minimum atomic E-state index is -0.336. The largest absolute Gasteiger partial charge is 0.394 e. The number of hydrogen-bond acceptors (Lipinski definition) is 2. The summed E-state index contributed by atoms with van der Waals surface area (Å²) in [5.41, 5.74) is 8.92. The molecular formula is C11H13BrN2O. The van der Waals surface area contributed by atoms with Crippen LogP contribution in [0.15, 0.2) is 22.7 Å². The first kappa shape index (κ1) is 10.7. The van der Waals surface area contributed by atoms with Crippen molar-refractivity contribution in [1.82, 2.24) is 4.98 Å². The fraction of sp³-hybridized carbons (Fsp3) is 0.273. The first-order chi connectivity index (χ1) is 7.15. The summed E-state index contributed by atoms with van der Waals surface area (Å²) in [6, 6.07) is 5.61. The van der Waals surface area contributed by atoms with Crippen LogP contribution in [0.1, 0.15) is 17.3 Å². The van der Waals surface area contributed by atoms with E-state index in [4.69, 9.17) is 10.8 Å². The number of aliphatic hydroxyl groups is 1. The number of rotatable bonds is 2. The average molecular weight is 269 g/mol. The second-order valence-electron chi connectivity index (χ2n) is 3.62. The van der Waals surface area contributed by atoms with E-state index in [9.17, 15) is 0 Å². The third kappa shape index (κ3) is 1.69. The van der Waals surface area contributed by atoms with Crippen LogP contribution < -0.4 is 5.73 Å². The van der Waals surface area contributed by atoms with Gasteiger partial charge in [-0.25, -0.2) is 0 Å². The molecule has 1 heterocycles. The second kappa shape index (κ2) is 3.96. The molecule has 0 aliphatic rings. The van der Waals surface area contributed by atoms with E-state index in [0.29, 0.717) is 0 Å². The molecule has 1 unspecified atom stereocenters. The van der Waals surface area contributed by atoms with Crippen molar-refractivity contribution in [3.63, 3.8) is 0 Å². The van der Waals surface area contributed by atoms with Crippen molar-refractivity contribution in [1.29, 1.82) is 0 Å². The topological polar surface area (TPSA) is 62.0 Å². The highest BCUT2D eigenvalue weighted by Gasteiger charge is 2.16. The molecule has 0 bridgehead atoms. The van der Waals surface area contributed by atoms with Crippen LogP contribution in [0.25, 0.3) is 10.9 Å². The number of aromatic amines is 1. The molecule has 0 saturated carbocycles. The highest BCUT2D eigenvalue weighted by molar-refractivity contribution is 9.10. The predicted octanol–water partition coefficient (Wildman–Crippen LogP) is 2.23. The molecule has 0 amide bonds. The molecule has 0 radical (unpaired) electrons. The number of H-pyrrole nitrogens is 1. The summed E-state index contributed by atoms with van der Waals surface area (Å²) in [4.78, 5) is 3.26. The number of aromatic nitrogens is 1. The van der Waals surface area contributed by atoms with Gasteiger partial charge in [0.2, 0.25) is 0 Å². The third-order valence-electron chi connectivity index (χ3n) is 2.58. The summed E-state index contributed by atoms with van der Waals surface area (Å²) in [5, 5.41) is 10.2. The number of aryl methyl sites for hydroxylation is 1. The zero-order chi connectivity index (χ0) is 11.0. The van der Waals surface area contributed by atoms with Crippen LogP contribution in [0.3, 0.4) is 0 Å². The maximum atomic E-state index is 9.13. The zero-order valence-electron chi connectivity index (χ0n) is 8.42. The first-order valence-electron chi connectivity index (χ1n) is 4.78. The Morgan fingerprint density at radius 2 is 2.27 bits per heavy atom. The summed E-state index contributed by atoms with van der Waals surface area (Å²) in [6.07, 6.45) is 0. The number of benzene rings is 1. The molecule has 0 aliphatic heterocycles. The normalized spacial score (nSPS) is 13.3. The summed E-state index contributed by atoms with van der Waals surface area (Å²) >= 11 is 3.50. The quantitative estimate of drug-likeness (QED) is 0.782. The van der Waals surface area contributed by atoms with E-state index in [1.807, 2.05) is 25.1 Å². The maximum Gasteiger partial charge on any atom is 0.0625 e. The van der Waals surface area contributed by atoms with Crippen molar-refractivity contribution in [2.75, 3.05) is 6.61 Å². The molecular weight excluding hydrogens is 256 g/mol. The molecule has 80 valence electrons. The van der Waals surface area contributed by atoms with Gasteiger partial charge in [0, 0.05) is 26.6 Å². The van der Waals surface area contributed by atoms with Crippen molar-refractivity contribution in [2.45, 2.75) is 13.0 Å². The standard InChI is InChI=1S/C11H13BrN2O/c1-6-10(8(13)5-15)11-7(12)3-2-4-9(11)14-6/h2-4,8,14-15H,5,13H2,1H3. The Morgan fingerprint density at radius 3 is 2.93 bits per heavy atom. The molecule has 0 fully saturated rings. The molecule has 1 aromatic heterocycles. The Kier molecular flexibility index (Phi) is 2.82. The lowest BCUT2D eigenvalue weighted by Crippen LogP contribution is -2.15. The van der Waals surface area contributed by atoms with Gasteiger partial charge in [-0.05, 0) is 19.1 Å². The van der Waals surface area contributed by atoms with Gasteiger partial charge in [0.1, 0.15) is 0 Å². The maximum absolute atomic E-state index is 9.13. The van der Waals surface area contributed by atoms with Gasteiger partial charge in [-0.3, -0.25) is 0 Å². The minimum absolute atomic E-state index is 0.0465. The molecule has 15 heavy (non-hydrogen) atoms. The van der Waals surface area contributed by atoms with E-state index in [2.05, 4.69) is 20.9 Å². The fourth-order valence-electron chi connectivity index (χ4n) is 1.91. The predicted molar refractivity (Wildman–Crippen MR) is 64.7 cm³/mol. The van der Waals surface area contributed by atoms with Crippen LogP contribution in [0.5, 0.6) is 0 Å². The SMILES string of the molecule is Cc1[nH]c2cccc(Br)c2c1C(N)CO. The van der Waals surface area contributed by atoms with Crippen LogP contribution in [-0.4, -0.2) is 16.7 Å². The molecule has 1 atom stereocenters. The Morgan fingerprint density at radius 1 is 1.53 bits per heavy atom. The van der Waals surface area contributed by atoms with E-state index in [1.165, 1.54) is 0 Å². The van der Waals surface area contributed by atoms with Gasteiger partial charge in [-0.1, -0.05) is 22.0 Å². The Hall–Kier alpha value is -0.840. The Bertz CT molecular complexity index is 493. The van der Waals surface area contributed by atoms with Crippen LogP contribution in [-0.2, 0) is 0 Å². The molecule has 0 aliphatic carbocycles. The van der Waals surface area contributed by atoms with E-state index in [1.54, 1.807) is 0 Å². The third-order valence-corrected chi connectivity index (χ3v) is 3.24.